The van der Waals surface area contributed by atoms with Crippen molar-refractivity contribution in [2.75, 3.05) is 5.32 Å². The van der Waals surface area contributed by atoms with E-state index in [1.807, 2.05) is 13.8 Å². The molecule has 1 amide bonds. The predicted molar refractivity (Wildman–Crippen MR) is 44.5 cm³/mol. The third-order valence-electron chi connectivity index (χ3n) is 1.28. The number of nitrogens with zero attached hydrogens (tertiary/aromatic N) is 2. The topological polar surface area (TPSA) is 70.7 Å². The first-order chi connectivity index (χ1) is 5.68. The van der Waals surface area contributed by atoms with E-state index >= 15 is 0 Å². The molecule has 5 nitrogen and oxygen atoms in total. The van der Waals surface area contributed by atoms with Crippen LogP contribution in [-0.2, 0) is 4.79 Å². The van der Waals surface area contributed by atoms with Crippen LogP contribution >= 0.6 is 0 Å². The van der Waals surface area contributed by atoms with Crippen LogP contribution in [0.15, 0.2) is 6.20 Å². The second-order valence-corrected chi connectivity index (χ2v) is 3.00. The number of rotatable bonds is 3. The molecule has 0 aliphatic carbocycles. The summed E-state index contributed by atoms with van der Waals surface area (Å²) in [5, 5.41) is 12.3. The third kappa shape index (κ3) is 2.69. The number of amides is 1. The van der Waals surface area contributed by atoms with Crippen LogP contribution in [0.3, 0.4) is 0 Å². The Balaban J connectivity index is 2.37. The van der Waals surface area contributed by atoms with Crippen LogP contribution in [0.4, 0.5) is 5.82 Å². The fourth-order valence-corrected chi connectivity index (χ4v) is 0.827. The van der Waals surface area contributed by atoms with Crippen molar-refractivity contribution in [1.82, 2.24) is 15.4 Å². The zero-order valence-corrected chi connectivity index (χ0v) is 7.16. The third-order valence-corrected chi connectivity index (χ3v) is 1.28. The van der Waals surface area contributed by atoms with E-state index in [0.29, 0.717) is 18.2 Å². The standard InChI is InChI=1S/C7H12N4O/c1-5(2)3-7(12)9-6-4-8-11-10-6/h4-5H,3H2,1-2H3,(H2,8,9,10,11,12). The van der Waals surface area contributed by atoms with Gasteiger partial charge in [-0.25, -0.2) is 0 Å². The fourth-order valence-electron chi connectivity index (χ4n) is 0.827. The van der Waals surface area contributed by atoms with Crippen molar-refractivity contribution in [2.24, 2.45) is 5.92 Å². The molecule has 0 aromatic carbocycles. The van der Waals surface area contributed by atoms with E-state index in [0.717, 1.165) is 0 Å². The number of hydrogen-bond donors (Lipinski definition) is 2. The molecule has 1 aromatic heterocycles. The Hall–Kier alpha value is -1.39. The molecule has 0 saturated heterocycles. The molecular weight excluding hydrogens is 156 g/mol. The molecule has 0 aliphatic heterocycles. The van der Waals surface area contributed by atoms with Crippen LogP contribution < -0.4 is 5.32 Å². The van der Waals surface area contributed by atoms with Crippen LogP contribution in [0.2, 0.25) is 0 Å². The highest BCUT2D eigenvalue weighted by atomic mass is 16.1. The lowest BCUT2D eigenvalue weighted by atomic mass is 10.1. The number of H-pyrrole nitrogens is 1. The van der Waals surface area contributed by atoms with E-state index in [2.05, 4.69) is 20.7 Å². The molecule has 1 rings (SSSR count). The molecule has 12 heavy (non-hydrogen) atoms. The summed E-state index contributed by atoms with van der Waals surface area (Å²) in [6.07, 6.45) is 1.98. The average Bonchev–Trinajstić information content (AvgIpc) is 2.37. The molecule has 5 heteroatoms. The summed E-state index contributed by atoms with van der Waals surface area (Å²) in [6, 6.07) is 0. The van der Waals surface area contributed by atoms with Crippen LogP contribution in [0.5, 0.6) is 0 Å². The van der Waals surface area contributed by atoms with Crippen molar-refractivity contribution in [3.05, 3.63) is 6.20 Å². The summed E-state index contributed by atoms with van der Waals surface area (Å²) in [7, 11) is 0. The number of anilines is 1. The summed E-state index contributed by atoms with van der Waals surface area (Å²) in [5.74, 6) is 0.802. The van der Waals surface area contributed by atoms with Gasteiger partial charge in [0.05, 0.1) is 6.20 Å². The number of hydrogen-bond acceptors (Lipinski definition) is 3. The van der Waals surface area contributed by atoms with Gasteiger partial charge in [0.15, 0.2) is 5.82 Å². The number of nitrogens with one attached hydrogen (secondary N) is 2. The highest BCUT2D eigenvalue weighted by molar-refractivity contribution is 5.89. The number of aromatic nitrogens is 3. The number of carbonyl (C=O) groups is 1. The first-order valence-corrected chi connectivity index (χ1v) is 3.84. The predicted octanol–water partition coefficient (Wildman–Crippen LogP) is 0.789. The van der Waals surface area contributed by atoms with Crippen molar-refractivity contribution in [1.29, 1.82) is 0 Å². The first-order valence-electron chi connectivity index (χ1n) is 3.84. The molecule has 0 unspecified atom stereocenters. The minimum Gasteiger partial charge on any atom is -0.308 e. The second-order valence-electron chi connectivity index (χ2n) is 3.00. The van der Waals surface area contributed by atoms with Gasteiger partial charge in [-0.15, -0.1) is 5.10 Å². The number of aromatic amines is 1. The fraction of sp³-hybridized carbons (Fsp3) is 0.571. The highest BCUT2D eigenvalue weighted by Crippen LogP contribution is 2.02. The van der Waals surface area contributed by atoms with Gasteiger partial charge >= 0.3 is 0 Å². The van der Waals surface area contributed by atoms with Crippen molar-refractivity contribution in [3.63, 3.8) is 0 Å². The Bertz CT molecular complexity index is 242. The molecule has 0 aliphatic rings. The monoisotopic (exact) mass is 168 g/mol. The SMILES string of the molecule is CC(C)CC(=O)Nc1cn[nH]n1. The summed E-state index contributed by atoms with van der Waals surface area (Å²) >= 11 is 0. The minimum atomic E-state index is -0.0288. The summed E-state index contributed by atoms with van der Waals surface area (Å²) in [4.78, 5) is 11.1. The Morgan fingerprint density at radius 3 is 3.00 bits per heavy atom. The molecule has 1 heterocycles. The normalized spacial score (nSPS) is 10.2. The summed E-state index contributed by atoms with van der Waals surface area (Å²) in [5.41, 5.74) is 0. The molecule has 0 saturated carbocycles. The van der Waals surface area contributed by atoms with Gasteiger partial charge in [0.2, 0.25) is 5.91 Å². The van der Waals surface area contributed by atoms with Crippen LogP contribution in [-0.4, -0.2) is 21.3 Å². The Kier molecular flexibility index (Phi) is 2.79. The quantitative estimate of drug-likeness (QED) is 0.700. The van der Waals surface area contributed by atoms with E-state index in [1.165, 1.54) is 6.20 Å². The first kappa shape index (κ1) is 8.70. The maximum Gasteiger partial charge on any atom is 0.225 e. The molecule has 0 bridgehead atoms. The van der Waals surface area contributed by atoms with Gasteiger partial charge in [-0.1, -0.05) is 13.8 Å². The molecule has 0 radical (unpaired) electrons. The molecule has 1 aromatic rings. The zero-order chi connectivity index (χ0) is 8.97. The lowest BCUT2D eigenvalue weighted by molar-refractivity contribution is -0.116. The van der Waals surface area contributed by atoms with Gasteiger partial charge < -0.3 is 5.32 Å². The molecule has 0 atom stereocenters. The lowest BCUT2D eigenvalue weighted by Crippen LogP contribution is -2.13. The van der Waals surface area contributed by atoms with E-state index in [9.17, 15) is 4.79 Å². The Morgan fingerprint density at radius 1 is 1.75 bits per heavy atom. The second kappa shape index (κ2) is 3.85. The summed E-state index contributed by atoms with van der Waals surface area (Å²) < 4.78 is 0. The largest absolute Gasteiger partial charge is 0.308 e. The van der Waals surface area contributed by atoms with Gasteiger partial charge in [0.1, 0.15) is 0 Å². The van der Waals surface area contributed by atoms with Crippen molar-refractivity contribution < 1.29 is 4.79 Å². The van der Waals surface area contributed by atoms with Crippen molar-refractivity contribution in [2.45, 2.75) is 20.3 Å². The smallest absolute Gasteiger partial charge is 0.225 e. The van der Waals surface area contributed by atoms with Crippen LogP contribution in [0.1, 0.15) is 20.3 Å². The van der Waals surface area contributed by atoms with E-state index in [1.54, 1.807) is 0 Å². The molecule has 2 N–H and O–H groups in total. The van der Waals surface area contributed by atoms with E-state index in [4.69, 9.17) is 0 Å². The minimum absolute atomic E-state index is 0.0288. The lowest BCUT2D eigenvalue weighted by Gasteiger charge is -2.02. The maximum absolute atomic E-state index is 11.1. The summed E-state index contributed by atoms with van der Waals surface area (Å²) in [6.45, 7) is 3.98. The van der Waals surface area contributed by atoms with Gasteiger partial charge in [-0.2, -0.15) is 10.3 Å². The number of carbonyl (C=O) groups excluding carboxylic acids is 1. The molecule has 0 spiro atoms. The highest BCUT2D eigenvalue weighted by Gasteiger charge is 2.05. The molecule has 66 valence electrons. The van der Waals surface area contributed by atoms with Gasteiger partial charge in [0, 0.05) is 6.42 Å². The van der Waals surface area contributed by atoms with Crippen LogP contribution in [0, 0.1) is 5.92 Å². The van der Waals surface area contributed by atoms with Gasteiger partial charge in [0.25, 0.3) is 0 Å². The van der Waals surface area contributed by atoms with E-state index in [-0.39, 0.29) is 5.91 Å². The van der Waals surface area contributed by atoms with Gasteiger partial charge in [-0.05, 0) is 5.92 Å². The Labute approximate surface area is 70.6 Å². The maximum atomic E-state index is 11.1. The van der Waals surface area contributed by atoms with E-state index < -0.39 is 0 Å². The molecule has 0 fully saturated rings. The average molecular weight is 168 g/mol. The van der Waals surface area contributed by atoms with Crippen LogP contribution in [0.25, 0.3) is 0 Å². The van der Waals surface area contributed by atoms with Gasteiger partial charge in [-0.3, -0.25) is 4.79 Å². The molecular formula is C7H12N4O. The zero-order valence-electron chi connectivity index (χ0n) is 7.16. The van der Waals surface area contributed by atoms with Crippen molar-refractivity contribution in [3.8, 4) is 0 Å². The Morgan fingerprint density at radius 2 is 2.50 bits per heavy atom. The van der Waals surface area contributed by atoms with Crippen molar-refractivity contribution >= 4 is 11.7 Å².